The molecule has 2 N–H and O–H groups in total. The number of amides is 2. The molecule has 144 valence electrons. The first-order valence-electron chi connectivity index (χ1n) is 9.69. The minimum absolute atomic E-state index is 0.191. The lowest BCUT2D eigenvalue weighted by molar-refractivity contribution is 0.0926. The zero-order valence-electron chi connectivity index (χ0n) is 16.2. The maximum Gasteiger partial charge on any atom is 0.287 e. The summed E-state index contributed by atoms with van der Waals surface area (Å²) in [5, 5.41) is 5.98. The Hall–Kier alpha value is -3.15. The van der Waals surface area contributed by atoms with Crippen LogP contribution in [0.3, 0.4) is 0 Å². The number of aryl methyl sites for hydroxylation is 2. The van der Waals surface area contributed by atoms with E-state index >= 15 is 0 Å². The number of hydrogen-bond donors (Lipinski definition) is 2. The van der Waals surface area contributed by atoms with E-state index in [0.29, 0.717) is 5.52 Å². The number of nitrogens with zero attached hydrogens (tertiary/aromatic N) is 2. The molecular formula is C22H24N4O2. The third kappa shape index (κ3) is 3.50. The number of nitrogens with one attached hydrogen (secondary N) is 2. The number of hydrogen-bond acceptors (Lipinski definition) is 3. The van der Waals surface area contributed by atoms with Gasteiger partial charge in [-0.15, -0.1) is 0 Å². The molecular weight excluding hydrogens is 352 g/mol. The van der Waals surface area contributed by atoms with Crippen molar-refractivity contribution in [3.8, 4) is 0 Å². The van der Waals surface area contributed by atoms with Crippen LogP contribution in [-0.4, -0.2) is 27.2 Å². The number of carbonyl (C=O) groups excluding carboxylic acids is 2. The molecule has 1 fully saturated rings. The Labute approximate surface area is 164 Å². The Bertz CT molecular complexity index is 1050. The molecule has 3 aromatic rings. The molecule has 2 heterocycles. The Morgan fingerprint density at radius 2 is 1.86 bits per heavy atom. The number of anilines is 1. The van der Waals surface area contributed by atoms with Crippen LogP contribution >= 0.6 is 0 Å². The zero-order chi connectivity index (χ0) is 19.7. The minimum atomic E-state index is -0.324. The van der Waals surface area contributed by atoms with E-state index in [0.717, 1.165) is 42.5 Å². The molecule has 1 aliphatic carbocycles. The molecule has 6 nitrogen and oxygen atoms in total. The molecule has 0 saturated heterocycles. The van der Waals surface area contributed by atoms with E-state index in [-0.39, 0.29) is 29.4 Å². The molecule has 2 amide bonds. The summed E-state index contributed by atoms with van der Waals surface area (Å²) in [4.78, 5) is 30.1. The average Bonchev–Trinajstić information content (AvgIpc) is 3.31. The molecule has 4 rings (SSSR count). The van der Waals surface area contributed by atoms with Gasteiger partial charge in [-0.1, -0.05) is 36.6 Å². The monoisotopic (exact) mass is 376 g/mol. The molecule has 0 bridgehead atoms. The van der Waals surface area contributed by atoms with Gasteiger partial charge in [-0.05, 0) is 50.5 Å². The number of benzene rings is 1. The maximum atomic E-state index is 12.9. The topological polar surface area (TPSA) is 75.5 Å². The highest BCUT2D eigenvalue weighted by Gasteiger charge is 2.24. The summed E-state index contributed by atoms with van der Waals surface area (Å²) in [7, 11) is 0. The first kappa shape index (κ1) is 18.2. The summed E-state index contributed by atoms with van der Waals surface area (Å²) in [6.07, 6.45) is 6.03. The molecule has 1 aromatic carbocycles. The van der Waals surface area contributed by atoms with Crippen LogP contribution in [0.4, 0.5) is 5.69 Å². The fraction of sp³-hybridized carbons (Fsp3) is 0.318. The molecule has 1 saturated carbocycles. The van der Waals surface area contributed by atoms with E-state index in [1.165, 1.54) is 0 Å². The zero-order valence-corrected chi connectivity index (χ0v) is 16.2. The summed E-state index contributed by atoms with van der Waals surface area (Å²) in [5.74, 6) is -0.317. The highest BCUT2D eigenvalue weighted by Crippen LogP contribution is 2.21. The summed E-state index contributed by atoms with van der Waals surface area (Å²) >= 11 is 0. The summed E-state index contributed by atoms with van der Waals surface area (Å²) in [6, 6.07) is 11.5. The first-order chi connectivity index (χ1) is 13.5. The predicted molar refractivity (Wildman–Crippen MR) is 109 cm³/mol. The second-order valence-electron chi connectivity index (χ2n) is 7.47. The average molecular weight is 376 g/mol. The van der Waals surface area contributed by atoms with E-state index in [1.54, 1.807) is 16.7 Å². The van der Waals surface area contributed by atoms with Gasteiger partial charge >= 0.3 is 0 Å². The molecule has 6 heteroatoms. The third-order valence-electron chi connectivity index (χ3n) is 5.29. The second-order valence-corrected chi connectivity index (χ2v) is 7.47. The Morgan fingerprint density at radius 1 is 1.07 bits per heavy atom. The van der Waals surface area contributed by atoms with Crippen molar-refractivity contribution in [2.24, 2.45) is 0 Å². The van der Waals surface area contributed by atoms with Crippen LogP contribution in [-0.2, 0) is 0 Å². The van der Waals surface area contributed by atoms with E-state index in [1.807, 2.05) is 44.2 Å². The summed E-state index contributed by atoms with van der Waals surface area (Å²) < 4.78 is 1.68. The smallest absolute Gasteiger partial charge is 0.287 e. The van der Waals surface area contributed by atoms with Crippen LogP contribution in [0.15, 0.2) is 42.6 Å². The third-order valence-corrected chi connectivity index (χ3v) is 5.29. The fourth-order valence-corrected chi connectivity index (χ4v) is 3.82. The van der Waals surface area contributed by atoms with Gasteiger partial charge in [-0.3, -0.25) is 14.0 Å². The predicted octanol–water partition coefficient (Wildman–Crippen LogP) is 3.88. The number of rotatable bonds is 4. The fourth-order valence-electron chi connectivity index (χ4n) is 3.82. The van der Waals surface area contributed by atoms with Crippen molar-refractivity contribution in [1.29, 1.82) is 0 Å². The quantitative estimate of drug-likeness (QED) is 0.726. The summed E-state index contributed by atoms with van der Waals surface area (Å²) in [5.41, 5.74) is 3.72. The molecule has 1 aliphatic rings. The van der Waals surface area contributed by atoms with Crippen LogP contribution in [0, 0.1) is 13.8 Å². The van der Waals surface area contributed by atoms with E-state index in [2.05, 4.69) is 15.6 Å². The highest BCUT2D eigenvalue weighted by molar-refractivity contribution is 6.09. The molecule has 0 unspecified atom stereocenters. The van der Waals surface area contributed by atoms with E-state index in [9.17, 15) is 9.59 Å². The van der Waals surface area contributed by atoms with Crippen molar-refractivity contribution in [1.82, 2.24) is 14.7 Å². The molecule has 0 radical (unpaired) electrons. The molecule has 28 heavy (non-hydrogen) atoms. The van der Waals surface area contributed by atoms with Crippen molar-refractivity contribution >= 4 is 23.0 Å². The summed E-state index contributed by atoms with van der Waals surface area (Å²) in [6.45, 7) is 3.96. The van der Waals surface area contributed by atoms with Crippen molar-refractivity contribution < 1.29 is 9.59 Å². The van der Waals surface area contributed by atoms with Crippen LogP contribution in [0.5, 0.6) is 0 Å². The standard InChI is InChI=1S/C22H24N4O2/c1-14-10-11-17(15(2)13-14)24-21(27)19-18-9-5-6-12-26(18)20(25-19)22(28)23-16-7-3-4-8-16/h5-6,9-13,16H,3-4,7-8H2,1-2H3,(H,23,28)(H,24,27). The van der Waals surface area contributed by atoms with Gasteiger partial charge in [-0.25, -0.2) is 4.98 Å². The second kappa shape index (κ2) is 7.46. The van der Waals surface area contributed by atoms with Gasteiger partial charge < -0.3 is 10.6 Å². The van der Waals surface area contributed by atoms with Crippen LogP contribution in [0.25, 0.3) is 5.52 Å². The largest absolute Gasteiger partial charge is 0.347 e. The number of imidazole rings is 1. The van der Waals surface area contributed by atoms with Gasteiger partial charge in [0, 0.05) is 17.9 Å². The van der Waals surface area contributed by atoms with Gasteiger partial charge in [-0.2, -0.15) is 0 Å². The Morgan fingerprint density at radius 3 is 2.61 bits per heavy atom. The Kier molecular flexibility index (Phi) is 4.86. The van der Waals surface area contributed by atoms with Crippen molar-refractivity contribution in [3.63, 3.8) is 0 Å². The van der Waals surface area contributed by atoms with E-state index < -0.39 is 0 Å². The van der Waals surface area contributed by atoms with Crippen LogP contribution in [0.2, 0.25) is 0 Å². The number of fused-ring (bicyclic) bond motifs is 1. The first-order valence-corrected chi connectivity index (χ1v) is 9.69. The molecule has 2 aromatic heterocycles. The maximum absolute atomic E-state index is 12.9. The normalized spacial score (nSPS) is 14.4. The van der Waals surface area contributed by atoms with Gasteiger partial charge in [0.25, 0.3) is 11.8 Å². The van der Waals surface area contributed by atoms with Crippen molar-refractivity contribution in [3.05, 3.63) is 65.2 Å². The van der Waals surface area contributed by atoms with Crippen LogP contribution < -0.4 is 10.6 Å². The Balaban J connectivity index is 1.65. The lowest BCUT2D eigenvalue weighted by atomic mass is 10.1. The number of carbonyl (C=O) groups is 2. The van der Waals surface area contributed by atoms with Gasteiger partial charge in [0.15, 0.2) is 5.69 Å². The minimum Gasteiger partial charge on any atom is -0.347 e. The van der Waals surface area contributed by atoms with Crippen molar-refractivity contribution in [2.45, 2.75) is 45.6 Å². The SMILES string of the molecule is Cc1ccc(NC(=O)c2nc(C(=O)NC3CCCC3)n3ccccc23)c(C)c1. The lowest BCUT2D eigenvalue weighted by Crippen LogP contribution is -2.33. The van der Waals surface area contributed by atoms with Gasteiger partial charge in [0.05, 0.1) is 5.52 Å². The van der Waals surface area contributed by atoms with Gasteiger partial charge in [0.2, 0.25) is 5.82 Å². The molecule has 0 atom stereocenters. The lowest BCUT2D eigenvalue weighted by Gasteiger charge is -2.10. The van der Waals surface area contributed by atoms with E-state index in [4.69, 9.17) is 0 Å². The number of aromatic nitrogens is 2. The van der Waals surface area contributed by atoms with Gasteiger partial charge in [0.1, 0.15) is 0 Å². The van der Waals surface area contributed by atoms with Crippen LogP contribution in [0.1, 0.15) is 57.9 Å². The molecule has 0 aliphatic heterocycles. The number of pyridine rings is 1. The van der Waals surface area contributed by atoms with Crippen molar-refractivity contribution in [2.75, 3.05) is 5.32 Å². The molecule has 0 spiro atoms. The highest BCUT2D eigenvalue weighted by atomic mass is 16.2.